The molecular formula is C13H8BrNO2S2. The lowest BCUT2D eigenvalue weighted by Gasteiger charge is -2.02. The van der Waals surface area contributed by atoms with E-state index in [0.717, 1.165) is 24.5 Å². The fourth-order valence-corrected chi connectivity index (χ4v) is 4.30. The lowest BCUT2D eigenvalue weighted by Crippen LogP contribution is -1.97. The number of aromatic nitrogens is 1. The number of carboxylic acids is 1. The van der Waals surface area contributed by atoms with E-state index in [2.05, 4.69) is 20.9 Å². The standard InChI is InChI=1S/C13H8BrNO2S2/c14-7-2-1-3-8(6-7)19-11-9-4-5-18-12(9)15-10(11)13(16)17/h1-6,15H,(H,16,17). The molecule has 0 unspecified atom stereocenters. The minimum atomic E-state index is -0.930. The van der Waals surface area contributed by atoms with Crippen molar-refractivity contribution in [1.29, 1.82) is 0 Å². The van der Waals surface area contributed by atoms with E-state index in [0.29, 0.717) is 0 Å². The maximum absolute atomic E-state index is 11.3. The third-order valence-electron chi connectivity index (χ3n) is 2.61. The summed E-state index contributed by atoms with van der Waals surface area (Å²) in [5.41, 5.74) is 0.256. The zero-order valence-corrected chi connectivity index (χ0v) is 12.7. The van der Waals surface area contributed by atoms with Gasteiger partial charge in [-0.25, -0.2) is 4.79 Å². The van der Waals surface area contributed by atoms with Crippen LogP contribution in [0.15, 0.2) is 50.0 Å². The Kier molecular flexibility index (Phi) is 3.38. The molecule has 0 fully saturated rings. The van der Waals surface area contributed by atoms with Gasteiger partial charge in [0.05, 0.1) is 4.90 Å². The normalized spacial score (nSPS) is 11.0. The SMILES string of the molecule is O=C(O)c1[nH]c2sccc2c1Sc1cccc(Br)c1. The van der Waals surface area contributed by atoms with Gasteiger partial charge in [-0.3, -0.25) is 0 Å². The molecule has 2 heterocycles. The predicted octanol–water partition coefficient (Wildman–Crippen LogP) is 4.84. The Bertz CT molecular complexity index is 763. The van der Waals surface area contributed by atoms with Crippen LogP contribution in [0.2, 0.25) is 0 Å². The van der Waals surface area contributed by atoms with Crippen molar-refractivity contribution in [3.8, 4) is 0 Å². The van der Waals surface area contributed by atoms with Gasteiger partial charge in [-0.1, -0.05) is 33.8 Å². The van der Waals surface area contributed by atoms with Gasteiger partial charge in [0.2, 0.25) is 0 Å². The zero-order valence-electron chi connectivity index (χ0n) is 9.51. The third-order valence-corrected chi connectivity index (χ3v) is 5.05. The van der Waals surface area contributed by atoms with Crippen LogP contribution >= 0.6 is 39.0 Å². The van der Waals surface area contributed by atoms with Crippen molar-refractivity contribution >= 4 is 55.2 Å². The Labute approximate surface area is 125 Å². The molecule has 0 spiro atoms. The number of halogens is 1. The van der Waals surface area contributed by atoms with Crippen molar-refractivity contribution in [3.05, 3.63) is 45.9 Å². The van der Waals surface area contributed by atoms with E-state index in [9.17, 15) is 9.90 Å². The number of hydrogen-bond acceptors (Lipinski definition) is 3. The number of fused-ring (bicyclic) bond motifs is 1. The molecule has 0 aliphatic heterocycles. The number of thiophene rings is 1. The smallest absolute Gasteiger partial charge is 0.353 e. The highest BCUT2D eigenvalue weighted by atomic mass is 79.9. The van der Waals surface area contributed by atoms with Gasteiger partial charge in [0.15, 0.2) is 0 Å². The molecule has 1 aromatic carbocycles. The first-order valence-corrected chi connectivity index (χ1v) is 7.90. The summed E-state index contributed by atoms with van der Waals surface area (Å²) in [5.74, 6) is -0.930. The van der Waals surface area contributed by atoms with Crippen molar-refractivity contribution < 1.29 is 9.90 Å². The maximum Gasteiger partial charge on any atom is 0.353 e. The van der Waals surface area contributed by atoms with E-state index >= 15 is 0 Å². The van der Waals surface area contributed by atoms with Crippen molar-refractivity contribution in [2.75, 3.05) is 0 Å². The molecule has 0 bridgehead atoms. The van der Waals surface area contributed by atoms with Crippen LogP contribution in [0, 0.1) is 0 Å². The van der Waals surface area contributed by atoms with Crippen LogP contribution in [0.5, 0.6) is 0 Å². The molecule has 0 atom stereocenters. The topological polar surface area (TPSA) is 53.1 Å². The number of rotatable bonds is 3. The quantitative estimate of drug-likeness (QED) is 0.708. The highest BCUT2D eigenvalue weighted by molar-refractivity contribution is 9.10. The number of carbonyl (C=O) groups is 1. The lowest BCUT2D eigenvalue weighted by molar-refractivity contribution is 0.0688. The van der Waals surface area contributed by atoms with E-state index < -0.39 is 5.97 Å². The van der Waals surface area contributed by atoms with Crippen LogP contribution in [0.25, 0.3) is 10.2 Å². The van der Waals surface area contributed by atoms with Crippen molar-refractivity contribution in [3.63, 3.8) is 0 Å². The summed E-state index contributed by atoms with van der Waals surface area (Å²) >= 11 is 6.39. The summed E-state index contributed by atoms with van der Waals surface area (Å²) < 4.78 is 0.978. The van der Waals surface area contributed by atoms with Gasteiger partial charge in [0.1, 0.15) is 10.5 Å². The summed E-state index contributed by atoms with van der Waals surface area (Å²) in [7, 11) is 0. The fourth-order valence-electron chi connectivity index (χ4n) is 1.79. The summed E-state index contributed by atoms with van der Waals surface area (Å²) in [6.07, 6.45) is 0. The van der Waals surface area contributed by atoms with Gasteiger partial charge in [-0.15, -0.1) is 11.3 Å². The Morgan fingerprint density at radius 3 is 2.95 bits per heavy atom. The first kappa shape index (κ1) is 12.8. The number of aromatic amines is 1. The zero-order chi connectivity index (χ0) is 13.4. The fraction of sp³-hybridized carbons (Fsp3) is 0. The molecule has 2 aromatic heterocycles. The number of aromatic carboxylic acids is 1. The highest BCUT2D eigenvalue weighted by Crippen LogP contribution is 2.39. The second kappa shape index (κ2) is 5.03. The Balaban J connectivity index is 2.10. The number of carboxylic acid groups (broad SMARTS) is 1. The van der Waals surface area contributed by atoms with Crippen LogP contribution in [0.1, 0.15) is 10.5 Å². The maximum atomic E-state index is 11.3. The molecule has 6 heteroatoms. The van der Waals surface area contributed by atoms with Crippen LogP contribution in [0.3, 0.4) is 0 Å². The average molecular weight is 354 g/mol. The first-order valence-electron chi connectivity index (χ1n) is 5.41. The molecule has 96 valence electrons. The van der Waals surface area contributed by atoms with Crippen LogP contribution in [-0.2, 0) is 0 Å². The minimum absolute atomic E-state index is 0.256. The molecule has 19 heavy (non-hydrogen) atoms. The van der Waals surface area contributed by atoms with Crippen molar-refractivity contribution in [2.24, 2.45) is 0 Å². The van der Waals surface area contributed by atoms with Crippen LogP contribution < -0.4 is 0 Å². The number of nitrogens with one attached hydrogen (secondary N) is 1. The lowest BCUT2D eigenvalue weighted by atomic mass is 10.3. The van der Waals surface area contributed by atoms with Gasteiger partial charge < -0.3 is 10.1 Å². The number of hydrogen-bond donors (Lipinski definition) is 2. The molecule has 0 saturated carbocycles. The summed E-state index contributed by atoms with van der Waals surface area (Å²) in [6, 6.07) is 9.76. The molecule has 0 amide bonds. The van der Waals surface area contributed by atoms with Gasteiger partial charge in [0, 0.05) is 14.8 Å². The molecule has 0 aliphatic rings. The molecular weight excluding hydrogens is 346 g/mol. The van der Waals surface area contributed by atoms with E-state index in [4.69, 9.17) is 0 Å². The molecule has 0 saturated heterocycles. The molecule has 0 radical (unpaired) electrons. The largest absolute Gasteiger partial charge is 0.477 e. The van der Waals surface area contributed by atoms with E-state index in [-0.39, 0.29) is 5.69 Å². The second-order valence-corrected chi connectivity index (χ2v) is 6.77. The predicted molar refractivity (Wildman–Crippen MR) is 81.4 cm³/mol. The number of benzene rings is 1. The monoisotopic (exact) mass is 353 g/mol. The first-order chi connectivity index (χ1) is 9.15. The van der Waals surface area contributed by atoms with E-state index in [1.165, 1.54) is 23.1 Å². The summed E-state index contributed by atoms with van der Waals surface area (Å²) in [4.78, 5) is 16.9. The second-order valence-electron chi connectivity index (χ2n) is 3.86. The summed E-state index contributed by atoms with van der Waals surface area (Å²) in [5, 5.41) is 12.2. The molecule has 3 rings (SSSR count). The summed E-state index contributed by atoms with van der Waals surface area (Å²) in [6.45, 7) is 0. The molecule has 3 aromatic rings. The van der Waals surface area contributed by atoms with Gasteiger partial charge in [-0.2, -0.15) is 0 Å². The molecule has 0 aliphatic carbocycles. The Hall–Kier alpha value is -1.24. The number of H-pyrrole nitrogens is 1. The molecule has 2 N–H and O–H groups in total. The Morgan fingerprint density at radius 2 is 2.21 bits per heavy atom. The van der Waals surface area contributed by atoms with Gasteiger partial charge in [-0.05, 0) is 29.6 Å². The van der Waals surface area contributed by atoms with Crippen LogP contribution in [0.4, 0.5) is 0 Å². The average Bonchev–Trinajstić information content (AvgIpc) is 2.92. The van der Waals surface area contributed by atoms with Crippen LogP contribution in [-0.4, -0.2) is 16.1 Å². The highest BCUT2D eigenvalue weighted by Gasteiger charge is 2.18. The van der Waals surface area contributed by atoms with Crippen molar-refractivity contribution in [1.82, 2.24) is 4.98 Å². The van der Waals surface area contributed by atoms with E-state index in [1.54, 1.807) is 0 Å². The minimum Gasteiger partial charge on any atom is -0.477 e. The van der Waals surface area contributed by atoms with E-state index in [1.807, 2.05) is 35.7 Å². The molecule has 3 nitrogen and oxygen atoms in total. The third kappa shape index (κ3) is 2.43. The van der Waals surface area contributed by atoms with Gasteiger partial charge >= 0.3 is 5.97 Å². The Morgan fingerprint density at radius 1 is 1.37 bits per heavy atom. The van der Waals surface area contributed by atoms with Gasteiger partial charge in [0.25, 0.3) is 0 Å². The van der Waals surface area contributed by atoms with Crippen molar-refractivity contribution in [2.45, 2.75) is 9.79 Å².